The van der Waals surface area contributed by atoms with E-state index in [0.29, 0.717) is 29.0 Å². The van der Waals surface area contributed by atoms with Crippen LogP contribution in [0.15, 0.2) is 48.5 Å². The maximum atomic E-state index is 12.7. The van der Waals surface area contributed by atoms with Crippen LogP contribution in [0.2, 0.25) is 0 Å². The second-order valence-corrected chi connectivity index (χ2v) is 7.95. The number of hydrogen-bond donors (Lipinski definition) is 4. The highest BCUT2D eigenvalue weighted by molar-refractivity contribution is 6.11. The molecule has 0 aromatic heterocycles. The zero-order valence-corrected chi connectivity index (χ0v) is 18.5. The van der Waals surface area contributed by atoms with Gasteiger partial charge in [-0.2, -0.15) is 0 Å². The van der Waals surface area contributed by atoms with Gasteiger partial charge in [-0.3, -0.25) is 9.59 Å². The monoisotopic (exact) mass is 424 g/mol. The number of anilines is 3. The molecule has 31 heavy (non-hydrogen) atoms. The summed E-state index contributed by atoms with van der Waals surface area (Å²) < 4.78 is 0. The zero-order chi connectivity index (χ0) is 22.5. The van der Waals surface area contributed by atoms with Gasteiger partial charge >= 0.3 is 0 Å². The van der Waals surface area contributed by atoms with Crippen LogP contribution in [-0.2, 0) is 4.79 Å². The van der Waals surface area contributed by atoms with Crippen molar-refractivity contribution < 1.29 is 9.59 Å². The molecule has 1 unspecified atom stereocenters. The first-order valence-electron chi connectivity index (χ1n) is 11.3. The van der Waals surface area contributed by atoms with Crippen molar-refractivity contribution >= 4 is 28.9 Å². The molecule has 0 fully saturated rings. The summed E-state index contributed by atoms with van der Waals surface area (Å²) in [5, 5.41) is 5.60. The molecule has 0 saturated heterocycles. The van der Waals surface area contributed by atoms with Crippen molar-refractivity contribution in [1.29, 1.82) is 0 Å². The fraction of sp³-hybridized carbons (Fsp3) is 0.440. The number of para-hydroxylation sites is 3. The number of carbonyl (C=O) groups excluding carboxylic acids is 2. The molecule has 6 N–H and O–H groups in total. The third-order valence-corrected chi connectivity index (χ3v) is 5.34. The molecule has 2 amide bonds. The quantitative estimate of drug-likeness (QED) is 0.258. The minimum absolute atomic E-state index is 0.276. The third kappa shape index (κ3) is 8.42. The molecule has 0 aliphatic carbocycles. The van der Waals surface area contributed by atoms with Gasteiger partial charge in [0.25, 0.3) is 5.91 Å². The maximum absolute atomic E-state index is 12.7. The number of nitrogens with one attached hydrogen (secondary N) is 2. The van der Waals surface area contributed by atoms with Crippen LogP contribution in [0.3, 0.4) is 0 Å². The predicted octanol–water partition coefficient (Wildman–Crippen LogP) is 5.32. The SMILES string of the molecule is CCCCCCCCCCC(N)C(=O)Nc1ccccc1C(=O)Nc1ccccc1N. The highest BCUT2D eigenvalue weighted by Gasteiger charge is 2.17. The summed E-state index contributed by atoms with van der Waals surface area (Å²) in [5.74, 6) is -0.618. The summed E-state index contributed by atoms with van der Waals surface area (Å²) in [7, 11) is 0. The normalized spacial score (nSPS) is 11.7. The lowest BCUT2D eigenvalue weighted by Gasteiger charge is -2.15. The molecule has 2 aromatic carbocycles. The summed E-state index contributed by atoms with van der Waals surface area (Å²) in [6, 6.07) is 13.3. The average Bonchev–Trinajstić information content (AvgIpc) is 2.77. The van der Waals surface area contributed by atoms with Crippen LogP contribution in [0.4, 0.5) is 17.1 Å². The summed E-state index contributed by atoms with van der Waals surface area (Å²) in [4.78, 5) is 25.3. The summed E-state index contributed by atoms with van der Waals surface area (Å²) >= 11 is 0. The molecular formula is C25H36N4O2. The summed E-state index contributed by atoms with van der Waals surface area (Å²) in [5.41, 5.74) is 13.8. The molecule has 0 saturated carbocycles. The van der Waals surface area contributed by atoms with Gasteiger partial charge < -0.3 is 22.1 Å². The van der Waals surface area contributed by atoms with Gasteiger partial charge in [-0.1, -0.05) is 82.6 Å². The molecule has 0 spiro atoms. The number of rotatable bonds is 13. The molecule has 6 nitrogen and oxygen atoms in total. The van der Waals surface area contributed by atoms with Gasteiger partial charge in [0, 0.05) is 0 Å². The van der Waals surface area contributed by atoms with Gasteiger partial charge in [-0.15, -0.1) is 0 Å². The molecule has 0 aliphatic heterocycles. The largest absolute Gasteiger partial charge is 0.397 e. The first-order chi connectivity index (χ1) is 15.0. The first kappa shape index (κ1) is 24.4. The van der Waals surface area contributed by atoms with Crippen molar-refractivity contribution in [3.8, 4) is 0 Å². The lowest BCUT2D eigenvalue weighted by atomic mass is 10.0. The highest BCUT2D eigenvalue weighted by atomic mass is 16.2. The Morgan fingerprint density at radius 3 is 2.06 bits per heavy atom. The van der Waals surface area contributed by atoms with Gasteiger partial charge in [0.1, 0.15) is 0 Å². The van der Waals surface area contributed by atoms with E-state index < -0.39 is 6.04 Å². The molecule has 2 rings (SSSR count). The minimum Gasteiger partial charge on any atom is -0.397 e. The van der Waals surface area contributed by atoms with Gasteiger partial charge in [0.2, 0.25) is 5.91 Å². The Balaban J connectivity index is 1.83. The maximum Gasteiger partial charge on any atom is 0.257 e. The third-order valence-electron chi connectivity index (χ3n) is 5.34. The topological polar surface area (TPSA) is 110 Å². The Morgan fingerprint density at radius 2 is 1.39 bits per heavy atom. The van der Waals surface area contributed by atoms with Crippen LogP contribution in [0.25, 0.3) is 0 Å². The van der Waals surface area contributed by atoms with Crippen molar-refractivity contribution in [3.63, 3.8) is 0 Å². The predicted molar refractivity (Wildman–Crippen MR) is 129 cm³/mol. The van der Waals surface area contributed by atoms with Crippen molar-refractivity contribution in [2.75, 3.05) is 16.4 Å². The molecule has 0 aliphatic rings. The Morgan fingerprint density at radius 1 is 0.806 bits per heavy atom. The highest BCUT2D eigenvalue weighted by Crippen LogP contribution is 2.21. The van der Waals surface area contributed by atoms with Crippen LogP contribution < -0.4 is 22.1 Å². The second kappa shape index (κ2) is 13.4. The van der Waals surface area contributed by atoms with Crippen molar-refractivity contribution in [3.05, 3.63) is 54.1 Å². The number of nitrogen functional groups attached to an aromatic ring is 1. The minimum atomic E-state index is -0.596. The van der Waals surface area contributed by atoms with E-state index in [1.165, 1.54) is 38.5 Å². The fourth-order valence-electron chi connectivity index (χ4n) is 3.45. The van der Waals surface area contributed by atoms with E-state index in [0.717, 1.165) is 12.8 Å². The van der Waals surface area contributed by atoms with Crippen LogP contribution >= 0.6 is 0 Å². The molecule has 1 atom stereocenters. The molecule has 0 heterocycles. The summed E-state index contributed by atoms with van der Waals surface area (Å²) in [6.45, 7) is 2.22. The van der Waals surface area contributed by atoms with Crippen molar-refractivity contribution in [2.24, 2.45) is 5.73 Å². The Kier molecular flexibility index (Phi) is 10.6. The van der Waals surface area contributed by atoms with E-state index in [-0.39, 0.29) is 11.8 Å². The standard InChI is InChI=1S/C25H36N4O2/c1-2-3-4-5-6-7-8-9-16-21(27)25(31)28-22-17-12-10-14-19(22)24(30)29-23-18-13-11-15-20(23)26/h10-15,17-18,21H,2-9,16,26-27H2,1H3,(H,28,31)(H,29,30). The first-order valence-corrected chi connectivity index (χ1v) is 11.3. The second-order valence-electron chi connectivity index (χ2n) is 7.95. The van der Waals surface area contributed by atoms with Crippen LogP contribution in [-0.4, -0.2) is 17.9 Å². The molecule has 168 valence electrons. The van der Waals surface area contributed by atoms with Gasteiger partial charge in [0.15, 0.2) is 0 Å². The average molecular weight is 425 g/mol. The van der Waals surface area contributed by atoms with Crippen LogP contribution in [0.1, 0.15) is 75.1 Å². The number of amides is 2. The number of hydrogen-bond acceptors (Lipinski definition) is 4. The smallest absolute Gasteiger partial charge is 0.257 e. The van der Waals surface area contributed by atoms with Crippen LogP contribution in [0.5, 0.6) is 0 Å². The van der Waals surface area contributed by atoms with E-state index in [4.69, 9.17) is 11.5 Å². The Bertz CT molecular complexity index is 838. The molecular weight excluding hydrogens is 388 g/mol. The van der Waals surface area contributed by atoms with Gasteiger partial charge in [-0.25, -0.2) is 0 Å². The lowest BCUT2D eigenvalue weighted by molar-refractivity contribution is -0.117. The molecule has 6 heteroatoms. The Hall–Kier alpha value is -2.86. The van der Waals surface area contributed by atoms with E-state index in [1.54, 1.807) is 48.5 Å². The van der Waals surface area contributed by atoms with Crippen molar-refractivity contribution in [1.82, 2.24) is 0 Å². The lowest BCUT2D eigenvalue weighted by Crippen LogP contribution is -2.36. The molecule has 0 radical (unpaired) electrons. The van der Waals surface area contributed by atoms with Crippen LogP contribution in [0, 0.1) is 0 Å². The number of benzene rings is 2. The van der Waals surface area contributed by atoms with Gasteiger partial charge in [0.05, 0.1) is 28.7 Å². The number of unbranched alkanes of at least 4 members (excludes halogenated alkanes) is 7. The molecule has 0 bridgehead atoms. The van der Waals surface area contributed by atoms with Gasteiger partial charge in [-0.05, 0) is 30.7 Å². The summed E-state index contributed by atoms with van der Waals surface area (Å²) in [6.07, 6.45) is 10.2. The zero-order valence-electron chi connectivity index (χ0n) is 18.5. The van der Waals surface area contributed by atoms with E-state index in [2.05, 4.69) is 17.6 Å². The van der Waals surface area contributed by atoms with E-state index in [1.807, 2.05) is 0 Å². The number of carbonyl (C=O) groups is 2. The van der Waals surface area contributed by atoms with E-state index in [9.17, 15) is 9.59 Å². The number of nitrogens with two attached hydrogens (primary N) is 2. The Labute approximate surface area is 185 Å². The van der Waals surface area contributed by atoms with Crippen molar-refractivity contribution in [2.45, 2.75) is 70.8 Å². The fourth-order valence-corrected chi connectivity index (χ4v) is 3.45. The van der Waals surface area contributed by atoms with E-state index >= 15 is 0 Å². The molecule has 2 aromatic rings.